The normalized spacial score (nSPS) is 9.89. The Morgan fingerprint density at radius 1 is 1.44 bits per heavy atom. The molecule has 0 aliphatic rings. The van der Waals surface area contributed by atoms with Gasteiger partial charge in [0.2, 0.25) is 0 Å². The first kappa shape index (κ1) is 12.3. The lowest BCUT2D eigenvalue weighted by molar-refractivity contribution is 0.632. The van der Waals surface area contributed by atoms with Gasteiger partial charge < -0.3 is 5.32 Å². The van der Waals surface area contributed by atoms with E-state index in [1.165, 1.54) is 18.3 Å². The van der Waals surface area contributed by atoms with Crippen LogP contribution in [0.15, 0.2) is 24.4 Å². The van der Waals surface area contributed by atoms with E-state index in [-0.39, 0.29) is 22.1 Å². The topological polar surface area (TPSA) is 61.6 Å². The summed E-state index contributed by atoms with van der Waals surface area (Å²) in [6, 6.07) is 6.25. The van der Waals surface area contributed by atoms with E-state index in [0.717, 1.165) is 0 Å². The number of aromatic nitrogens is 2. The number of aryl methyl sites for hydroxylation is 1. The summed E-state index contributed by atoms with van der Waals surface area (Å²) in [5.74, 6) is 0.198. The van der Waals surface area contributed by atoms with Crippen LogP contribution in [0.4, 0.5) is 15.9 Å². The highest BCUT2D eigenvalue weighted by atomic mass is 35.5. The fourth-order valence-corrected chi connectivity index (χ4v) is 1.59. The zero-order chi connectivity index (χ0) is 13.1. The molecule has 2 rings (SSSR count). The molecule has 1 aromatic heterocycles. The van der Waals surface area contributed by atoms with Crippen molar-refractivity contribution in [2.75, 3.05) is 5.32 Å². The summed E-state index contributed by atoms with van der Waals surface area (Å²) < 4.78 is 13.6. The first-order valence-corrected chi connectivity index (χ1v) is 5.44. The molecular formula is C12H8ClFN4. The zero-order valence-electron chi connectivity index (χ0n) is 9.41. The highest BCUT2D eigenvalue weighted by Crippen LogP contribution is 2.28. The van der Waals surface area contributed by atoms with Crippen LogP contribution in [0.5, 0.6) is 0 Å². The zero-order valence-corrected chi connectivity index (χ0v) is 10.2. The molecule has 0 unspecified atom stereocenters. The average Bonchev–Trinajstić information content (AvgIpc) is 2.34. The predicted molar refractivity (Wildman–Crippen MR) is 66.2 cm³/mol. The van der Waals surface area contributed by atoms with E-state index in [2.05, 4.69) is 15.3 Å². The quantitative estimate of drug-likeness (QED) is 0.903. The van der Waals surface area contributed by atoms with Crippen LogP contribution in [0.25, 0.3) is 0 Å². The van der Waals surface area contributed by atoms with Gasteiger partial charge in [0.25, 0.3) is 0 Å². The van der Waals surface area contributed by atoms with Gasteiger partial charge in [-0.25, -0.2) is 14.4 Å². The van der Waals surface area contributed by atoms with Crippen LogP contribution in [0.2, 0.25) is 5.02 Å². The first-order chi connectivity index (χ1) is 8.61. The van der Waals surface area contributed by atoms with Crippen LogP contribution in [0.1, 0.15) is 11.4 Å². The van der Waals surface area contributed by atoms with E-state index in [1.54, 1.807) is 13.0 Å². The maximum Gasteiger partial charge on any atom is 0.152 e. The number of anilines is 2. The number of nitrogens with one attached hydrogen (secondary N) is 1. The van der Waals surface area contributed by atoms with Crippen molar-refractivity contribution < 1.29 is 4.39 Å². The molecule has 0 atom stereocenters. The van der Waals surface area contributed by atoms with Crippen molar-refractivity contribution in [2.45, 2.75) is 6.92 Å². The monoisotopic (exact) mass is 262 g/mol. The molecule has 0 amide bonds. The second-order valence-corrected chi connectivity index (χ2v) is 3.92. The van der Waals surface area contributed by atoms with Crippen molar-refractivity contribution in [1.29, 1.82) is 5.26 Å². The predicted octanol–water partition coefficient (Wildman–Crippen LogP) is 3.19. The SMILES string of the molecule is Cc1ncc(C#N)c(Nc2c(F)cccc2Cl)n1. The van der Waals surface area contributed by atoms with Gasteiger partial charge in [0, 0.05) is 0 Å². The molecule has 0 saturated heterocycles. The van der Waals surface area contributed by atoms with Crippen LogP contribution >= 0.6 is 11.6 Å². The van der Waals surface area contributed by atoms with E-state index >= 15 is 0 Å². The molecule has 1 heterocycles. The van der Waals surface area contributed by atoms with Gasteiger partial charge >= 0.3 is 0 Å². The molecule has 18 heavy (non-hydrogen) atoms. The summed E-state index contributed by atoms with van der Waals surface area (Å²) >= 11 is 5.89. The van der Waals surface area contributed by atoms with Crippen molar-refractivity contribution in [3.8, 4) is 6.07 Å². The van der Waals surface area contributed by atoms with E-state index in [4.69, 9.17) is 16.9 Å². The summed E-state index contributed by atoms with van der Waals surface area (Å²) in [5.41, 5.74) is 0.314. The van der Waals surface area contributed by atoms with Crippen molar-refractivity contribution in [2.24, 2.45) is 0 Å². The molecule has 0 fully saturated rings. The van der Waals surface area contributed by atoms with Gasteiger partial charge in [-0.3, -0.25) is 0 Å². The summed E-state index contributed by atoms with van der Waals surface area (Å²) in [6.07, 6.45) is 1.37. The number of para-hydroxylation sites is 1. The van der Waals surface area contributed by atoms with Crippen LogP contribution in [-0.2, 0) is 0 Å². The molecule has 0 saturated carbocycles. The molecule has 0 aliphatic heterocycles. The minimum Gasteiger partial charge on any atom is -0.335 e. The van der Waals surface area contributed by atoms with Crippen LogP contribution in [-0.4, -0.2) is 9.97 Å². The van der Waals surface area contributed by atoms with Crippen molar-refractivity contribution in [1.82, 2.24) is 9.97 Å². The van der Waals surface area contributed by atoms with E-state index in [1.807, 2.05) is 6.07 Å². The minimum absolute atomic E-state index is 0.0915. The lowest BCUT2D eigenvalue weighted by atomic mass is 10.2. The molecule has 0 bridgehead atoms. The Kier molecular flexibility index (Phi) is 3.40. The van der Waals surface area contributed by atoms with E-state index in [9.17, 15) is 4.39 Å². The van der Waals surface area contributed by atoms with E-state index < -0.39 is 5.82 Å². The van der Waals surface area contributed by atoms with Crippen molar-refractivity contribution in [3.05, 3.63) is 46.6 Å². The fourth-order valence-electron chi connectivity index (χ4n) is 1.38. The van der Waals surface area contributed by atoms with Crippen LogP contribution in [0.3, 0.4) is 0 Å². The number of nitriles is 1. The number of halogens is 2. The Hall–Kier alpha value is -2.19. The highest BCUT2D eigenvalue weighted by molar-refractivity contribution is 6.33. The molecule has 4 nitrogen and oxygen atoms in total. The first-order valence-electron chi connectivity index (χ1n) is 5.06. The maximum atomic E-state index is 13.6. The second-order valence-electron chi connectivity index (χ2n) is 3.51. The van der Waals surface area contributed by atoms with E-state index in [0.29, 0.717) is 5.82 Å². The third kappa shape index (κ3) is 2.39. The molecule has 90 valence electrons. The Bertz CT molecular complexity index is 616. The van der Waals surface area contributed by atoms with Gasteiger partial charge in [-0.05, 0) is 19.1 Å². The number of benzene rings is 1. The van der Waals surface area contributed by atoms with Gasteiger partial charge in [-0.2, -0.15) is 5.26 Å². The van der Waals surface area contributed by atoms with Gasteiger partial charge in [-0.15, -0.1) is 0 Å². The Labute approximate surface area is 108 Å². The fraction of sp³-hybridized carbons (Fsp3) is 0.0833. The number of nitrogens with zero attached hydrogens (tertiary/aromatic N) is 3. The average molecular weight is 263 g/mol. The van der Waals surface area contributed by atoms with Gasteiger partial charge in [0.15, 0.2) is 5.82 Å². The Morgan fingerprint density at radius 2 is 2.22 bits per heavy atom. The smallest absolute Gasteiger partial charge is 0.152 e. The molecule has 0 spiro atoms. The molecular weight excluding hydrogens is 255 g/mol. The van der Waals surface area contributed by atoms with Crippen LogP contribution < -0.4 is 5.32 Å². The van der Waals surface area contributed by atoms with Gasteiger partial charge in [-0.1, -0.05) is 17.7 Å². The molecule has 2 aromatic rings. The third-order valence-electron chi connectivity index (χ3n) is 2.24. The number of rotatable bonds is 2. The number of hydrogen-bond acceptors (Lipinski definition) is 4. The van der Waals surface area contributed by atoms with Gasteiger partial charge in [0.1, 0.15) is 23.3 Å². The van der Waals surface area contributed by atoms with Gasteiger partial charge in [0.05, 0.1) is 16.9 Å². The third-order valence-corrected chi connectivity index (χ3v) is 2.55. The summed E-state index contributed by atoms with van der Waals surface area (Å²) in [5, 5.41) is 11.9. The summed E-state index contributed by atoms with van der Waals surface area (Å²) in [6.45, 7) is 1.68. The van der Waals surface area contributed by atoms with Crippen molar-refractivity contribution >= 4 is 23.1 Å². The summed E-state index contributed by atoms with van der Waals surface area (Å²) in [7, 11) is 0. The second kappa shape index (κ2) is 4.98. The Morgan fingerprint density at radius 3 is 2.89 bits per heavy atom. The molecule has 1 aromatic carbocycles. The molecule has 1 N–H and O–H groups in total. The largest absolute Gasteiger partial charge is 0.335 e. The Balaban J connectivity index is 2.46. The minimum atomic E-state index is -0.511. The standard InChI is InChI=1S/C12H8ClFN4/c1-7-16-6-8(5-15)12(17-7)18-11-9(13)3-2-4-10(11)14/h2-4,6H,1H3,(H,16,17,18). The molecule has 0 aliphatic carbocycles. The molecule has 6 heteroatoms. The molecule has 0 radical (unpaired) electrons. The number of hydrogen-bond donors (Lipinski definition) is 1. The summed E-state index contributed by atoms with van der Waals surface area (Å²) in [4.78, 5) is 7.95. The maximum absolute atomic E-state index is 13.6. The van der Waals surface area contributed by atoms with Crippen LogP contribution in [0, 0.1) is 24.1 Å². The lowest BCUT2D eigenvalue weighted by Gasteiger charge is -2.10. The highest BCUT2D eigenvalue weighted by Gasteiger charge is 2.11. The lowest BCUT2D eigenvalue weighted by Crippen LogP contribution is -2.02. The van der Waals surface area contributed by atoms with Crippen molar-refractivity contribution in [3.63, 3.8) is 0 Å².